The molecule has 180 valence electrons. The molecule has 0 saturated carbocycles. The Morgan fingerprint density at radius 2 is 1.71 bits per heavy atom. The van der Waals surface area contributed by atoms with Gasteiger partial charge >= 0.3 is 12.1 Å². The topological polar surface area (TPSA) is 64.3 Å². The zero-order chi connectivity index (χ0) is 25.0. The molecule has 0 saturated heterocycles. The number of nitrogens with zero attached hydrogens (tertiary/aromatic N) is 2. The number of carboxylic acids is 1. The van der Waals surface area contributed by atoms with Crippen molar-refractivity contribution >= 4 is 5.97 Å². The first-order valence-electron chi connectivity index (χ1n) is 10.6. The van der Waals surface area contributed by atoms with Gasteiger partial charge in [0.25, 0.3) is 0 Å². The van der Waals surface area contributed by atoms with Crippen molar-refractivity contribution in [3.63, 3.8) is 0 Å². The second kappa shape index (κ2) is 10.0. The lowest BCUT2D eigenvalue weighted by atomic mass is 9.98. The maximum Gasteiger partial charge on any atom is 0.417 e. The first kappa shape index (κ1) is 24.0. The van der Waals surface area contributed by atoms with Crippen molar-refractivity contribution in [3.05, 3.63) is 96.1 Å². The standard InChI is InChI=1S/C26H20F4N2O3/c27-24-4-2-1-3-22(24)21-10-9-20(13-23(21)26(28,29)30)35-16-17-5-7-18(8-6-17)19-14-31-32(15-19)12-11-25(33)34/h1-10,13-15H,11-12,16H2,(H,33,34). The average molecular weight is 484 g/mol. The van der Waals surface area contributed by atoms with E-state index in [4.69, 9.17) is 9.84 Å². The summed E-state index contributed by atoms with van der Waals surface area (Å²) in [5.41, 5.74) is 1.03. The van der Waals surface area contributed by atoms with E-state index < -0.39 is 23.5 Å². The van der Waals surface area contributed by atoms with Crippen LogP contribution >= 0.6 is 0 Å². The number of carbonyl (C=O) groups is 1. The fraction of sp³-hybridized carbons (Fsp3) is 0.154. The van der Waals surface area contributed by atoms with Crippen LogP contribution in [0.15, 0.2) is 79.1 Å². The lowest BCUT2D eigenvalue weighted by molar-refractivity contribution is -0.138. The molecule has 1 N–H and O–H groups in total. The van der Waals surface area contributed by atoms with Crippen molar-refractivity contribution in [1.29, 1.82) is 0 Å². The van der Waals surface area contributed by atoms with Crippen molar-refractivity contribution < 1.29 is 32.2 Å². The highest BCUT2D eigenvalue weighted by Gasteiger charge is 2.34. The normalized spacial score (nSPS) is 11.4. The molecule has 0 bridgehead atoms. The number of rotatable bonds is 8. The summed E-state index contributed by atoms with van der Waals surface area (Å²) in [7, 11) is 0. The molecule has 4 aromatic rings. The highest BCUT2D eigenvalue weighted by atomic mass is 19.4. The van der Waals surface area contributed by atoms with E-state index in [2.05, 4.69) is 5.10 Å². The van der Waals surface area contributed by atoms with E-state index in [1.165, 1.54) is 30.3 Å². The van der Waals surface area contributed by atoms with E-state index in [0.29, 0.717) is 0 Å². The second-order valence-electron chi connectivity index (χ2n) is 7.81. The number of aliphatic carboxylic acids is 1. The molecule has 3 aromatic carbocycles. The number of halogens is 4. The van der Waals surface area contributed by atoms with Gasteiger partial charge in [-0.3, -0.25) is 9.48 Å². The van der Waals surface area contributed by atoms with Crippen molar-refractivity contribution in [2.24, 2.45) is 0 Å². The maximum absolute atomic E-state index is 14.1. The number of hydrogen-bond acceptors (Lipinski definition) is 3. The van der Waals surface area contributed by atoms with Crippen LogP contribution in [0.25, 0.3) is 22.3 Å². The lowest BCUT2D eigenvalue weighted by Crippen LogP contribution is -2.08. The summed E-state index contributed by atoms with van der Waals surface area (Å²) in [6.07, 6.45) is -1.35. The fourth-order valence-electron chi connectivity index (χ4n) is 3.57. The molecule has 0 aliphatic heterocycles. The van der Waals surface area contributed by atoms with Gasteiger partial charge in [-0.15, -0.1) is 0 Å². The van der Waals surface area contributed by atoms with Gasteiger partial charge in [-0.05, 0) is 41.0 Å². The third-order valence-electron chi connectivity index (χ3n) is 5.34. The van der Waals surface area contributed by atoms with E-state index in [0.717, 1.165) is 28.8 Å². The van der Waals surface area contributed by atoms with Gasteiger partial charge in [-0.1, -0.05) is 42.5 Å². The summed E-state index contributed by atoms with van der Waals surface area (Å²) in [6.45, 7) is 0.297. The Kier molecular flexibility index (Phi) is 6.86. The van der Waals surface area contributed by atoms with Crippen LogP contribution in [0.5, 0.6) is 5.75 Å². The zero-order valence-electron chi connectivity index (χ0n) is 18.3. The summed E-state index contributed by atoms with van der Waals surface area (Å²) in [6, 6.07) is 16.0. The van der Waals surface area contributed by atoms with Crippen LogP contribution in [0, 0.1) is 5.82 Å². The number of hydrogen-bond donors (Lipinski definition) is 1. The molecule has 0 unspecified atom stereocenters. The van der Waals surface area contributed by atoms with Gasteiger partial charge in [-0.25, -0.2) is 4.39 Å². The van der Waals surface area contributed by atoms with E-state index in [-0.39, 0.29) is 36.4 Å². The van der Waals surface area contributed by atoms with E-state index in [1.807, 2.05) is 12.1 Å². The van der Waals surface area contributed by atoms with Gasteiger partial charge in [0.05, 0.1) is 24.7 Å². The number of aryl methyl sites for hydroxylation is 1. The van der Waals surface area contributed by atoms with Gasteiger partial charge in [0.1, 0.15) is 18.2 Å². The number of alkyl halides is 3. The lowest BCUT2D eigenvalue weighted by Gasteiger charge is -2.16. The summed E-state index contributed by atoms with van der Waals surface area (Å²) in [5, 5.41) is 12.9. The van der Waals surface area contributed by atoms with E-state index >= 15 is 0 Å². The van der Waals surface area contributed by atoms with Gasteiger partial charge < -0.3 is 9.84 Å². The molecule has 0 spiro atoms. The number of carboxylic acid groups (broad SMARTS) is 1. The van der Waals surface area contributed by atoms with Crippen molar-refractivity contribution in [3.8, 4) is 28.0 Å². The summed E-state index contributed by atoms with van der Waals surface area (Å²) in [4.78, 5) is 10.7. The van der Waals surface area contributed by atoms with Crippen molar-refractivity contribution in [2.75, 3.05) is 0 Å². The predicted octanol–water partition coefficient (Wildman–Crippen LogP) is 6.43. The Hall–Kier alpha value is -4.14. The Labute approximate surface area is 198 Å². The molecule has 4 rings (SSSR count). The van der Waals surface area contributed by atoms with E-state index in [9.17, 15) is 22.4 Å². The summed E-state index contributed by atoms with van der Waals surface area (Å²) >= 11 is 0. The Balaban J connectivity index is 1.47. The SMILES string of the molecule is O=C(O)CCn1cc(-c2ccc(COc3ccc(-c4ccccc4F)c(C(F)(F)F)c3)cc2)cn1. The highest BCUT2D eigenvalue weighted by Crippen LogP contribution is 2.40. The minimum absolute atomic E-state index is 0.0150. The molecule has 9 heteroatoms. The first-order chi connectivity index (χ1) is 16.7. The third kappa shape index (κ3) is 5.87. The molecule has 5 nitrogen and oxygen atoms in total. The van der Waals surface area contributed by atoms with Crippen LogP contribution in [0.4, 0.5) is 17.6 Å². The van der Waals surface area contributed by atoms with Gasteiger partial charge in [0.15, 0.2) is 0 Å². The quantitative estimate of drug-likeness (QED) is 0.293. The number of aromatic nitrogens is 2. The van der Waals surface area contributed by atoms with Crippen LogP contribution in [0.1, 0.15) is 17.5 Å². The summed E-state index contributed by atoms with van der Waals surface area (Å²) < 4.78 is 62.3. The van der Waals surface area contributed by atoms with Crippen LogP contribution in [-0.4, -0.2) is 20.9 Å². The van der Waals surface area contributed by atoms with Gasteiger partial charge in [0, 0.05) is 17.3 Å². The van der Waals surface area contributed by atoms with E-state index in [1.54, 1.807) is 29.2 Å². The highest BCUT2D eigenvalue weighted by molar-refractivity contribution is 5.70. The molecule has 0 radical (unpaired) electrons. The zero-order valence-corrected chi connectivity index (χ0v) is 18.3. The largest absolute Gasteiger partial charge is 0.489 e. The summed E-state index contributed by atoms with van der Waals surface area (Å²) in [5.74, 6) is -1.63. The first-order valence-corrected chi connectivity index (χ1v) is 10.6. The van der Waals surface area contributed by atoms with Crippen LogP contribution < -0.4 is 4.74 Å². The Morgan fingerprint density at radius 1 is 0.971 bits per heavy atom. The molecule has 0 aliphatic rings. The predicted molar refractivity (Wildman–Crippen MR) is 121 cm³/mol. The number of ether oxygens (including phenoxy) is 1. The smallest absolute Gasteiger partial charge is 0.417 e. The minimum Gasteiger partial charge on any atom is -0.489 e. The molecule has 1 heterocycles. The monoisotopic (exact) mass is 484 g/mol. The van der Waals surface area contributed by atoms with Crippen molar-refractivity contribution in [2.45, 2.75) is 25.7 Å². The minimum atomic E-state index is -4.69. The van der Waals surface area contributed by atoms with Crippen molar-refractivity contribution in [1.82, 2.24) is 9.78 Å². The Bertz CT molecular complexity index is 1330. The third-order valence-corrected chi connectivity index (χ3v) is 5.34. The molecular formula is C26H20F4N2O3. The van der Waals surface area contributed by atoms with Crippen LogP contribution in [-0.2, 0) is 24.1 Å². The molecule has 0 amide bonds. The maximum atomic E-state index is 14.1. The average Bonchev–Trinajstić information content (AvgIpc) is 3.31. The molecule has 1 aromatic heterocycles. The van der Waals surface area contributed by atoms with Gasteiger partial charge in [0.2, 0.25) is 0 Å². The van der Waals surface area contributed by atoms with Crippen LogP contribution in [0.3, 0.4) is 0 Å². The van der Waals surface area contributed by atoms with Crippen LogP contribution in [0.2, 0.25) is 0 Å². The molecule has 35 heavy (non-hydrogen) atoms. The molecule has 0 aliphatic carbocycles. The van der Waals surface area contributed by atoms with Gasteiger partial charge in [-0.2, -0.15) is 18.3 Å². The number of benzene rings is 3. The molecular weight excluding hydrogens is 464 g/mol. The Morgan fingerprint density at radius 3 is 2.40 bits per heavy atom. The second-order valence-corrected chi connectivity index (χ2v) is 7.81. The molecule has 0 atom stereocenters. The fourth-order valence-corrected chi connectivity index (χ4v) is 3.57. The molecule has 0 fully saturated rings.